The molecule has 2 amide bonds. The normalized spacial score (nSPS) is 15.2. The first-order valence-corrected chi connectivity index (χ1v) is 9.23. The summed E-state index contributed by atoms with van der Waals surface area (Å²) < 4.78 is 6.76. The highest BCUT2D eigenvalue weighted by Gasteiger charge is 2.40. The fourth-order valence-corrected chi connectivity index (χ4v) is 3.41. The van der Waals surface area contributed by atoms with Crippen LogP contribution in [-0.2, 0) is 9.59 Å². The molecule has 1 N–H and O–H groups in total. The minimum Gasteiger partial charge on any atom is -0.476 e. The van der Waals surface area contributed by atoms with Crippen molar-refractivity contribution in [1.29, 1.82) is 0 Å². The third-order valence-electron chi connectivity index (χ3n) is 4.31. The van der Waals surface area contributed by atoms with Crippen LogP contribution in [0.15, 0.2) is 46.9 Å². The van der Waals surface area contributed by atoms with Gasteiger partial charge in [0.15, 0.2) is 5.60 Å². The number of anilines is 2. The first-order valence-electron chi connectivity index (χ1n) is 8.44. The number of aryl methyl sites for hydroxylation is 1. The van der Waals surface area contributed by atoms with E-state index in [1.807, 2.05) is 49.4 Å². The topological polar surface area (TPSA) is 58.6 Å². The molecule has 1 aliphatic rings. The fraction of sp³-hybridized carbons (Fsp3) is 0.300. The number of fused-ring (bicyclic) bond motifs is 1. The first kappa shape index (κ1) is 18.5. The Balaban J connectivity index is 1.72. The van der Waals surface area contributed by atoms with Gasteiger partial charge in [-0.05, 0) is 56.7 Å². The minimum absolute atomic E-state index is 0.134. The highest BCUT2D eigenvalue weighted by Crippen LogP contribution is 2.37. The third kappa shape index (κ3) is 3.75. The molecule has 0 saturated heterocycles. The van der Waals surface area contributed by atoms with Gasteiger partial charge in [-0.25, -0.2) is 0 Å². The summed E-state index contributed by atoms with van der Waals surface area (Å²) in [7, 11) is 0. The Kier molecular flexibility index (Phi) is 5.05. The third-order valence-corrected chi connectivity index (χ3v) is 4.80. The van der Waals surface area contributed by atoms with Crippen molar-refractivity contribution in [3.8, 4) is 5.75 Å². The summed E-state index contributed by atoms with van der Waals surface area (Å²) >= 11 is 3.41. The van der Waals surface area contributed by atoms with Crippen LogP contribution < -0.4 is 15.0 Å². The summed E-state index contributed by atoms with van der Waals surface area (Å²) in [6.07, 6.45) is 0.200. The Hall–Kier alpha value is -2.34. The Morgan fingerprint density at radius 3 is 2.69 bits per heavy atom. The van der Waals surface area contributed by atoms with E-state index in [1.54, 1.807) is 18.7 Å². The number of nitrogens with zero attached hydrogens (tertiary/aromatic N) is 1. The van der Waals surface area contributed by atoms with Gasteiger partial charge in [-0.3, -0.25) is 9.59 Å². The lowest BCUT2D eigenvalue weighted by molar-refractivity contribution is -0.132. The van der Waals surface area contributed by atoms with Gasteiger partial charge in [0.25, 0.3) is 5.91 Å². The number of benzene rings is 2. The Labute approximate surface area is 161 Å². The molecule has 26 heavy (non-hydrogen) atoms. The molecule has 136 valence electrons. The molecule has 0 saturated carbocycles. The van der Waals surface area contributed by atoms with Crippen molar-refractivity contribution in [2.24, 2.45) is 0 Å². The van der Waals surface area contributed by atoms with Crippen molar-refractivity contribution in [1.82, 2.24) is 0 Å². The van der Waals surface area contributed by atoms with E-state index in [2.05, 4.69) is 21.2 Å². The number of ether oxygens (including phenoxy) is 1. The van der Waals surface area contributed by atoms with E-state index in [4.69, 9.17) is 4.74 Å². The number of rotatable bonds is 4. The summed E-state index contributed by atoms with van der Waals surface area (Å²) in [4.78, 5) is 26.7. The minimum atomic E-state index is -0.951. The summed E-state index contributed by atoms with van der Waals surface area (Å²) in [5, 5.41) is 2.91. The van der Waals surface area contributed by atoms with Crippen LogP contribution in [0.25, 0.3) is 0 Å². The van der Waals surface area contributed by atoms with Gasteiger partial charge in [-0.2, -0.15) is 0 Å². The largest absolute Gasteiger partial charge is 0.476 e. The molecule has 2 aromatic carbocycles. The van der Waals surface area contributed by atoms with E-state index >= 15 is 0 Å². The van der Waals surface area contributed by atoms with Crippen LogP contribution in [0.4, 0.5) is 11.4 Å². The van der Waals surface area contributed by atoms with Crippen molar-refractivity contribution in [2.45, 2.75) is 32.8 Å². The van der Waals surface area contributed by atoms with Crippen molar-refractivity contribution < 1.29 is 14.3 Å². The van der Waals surface area contributed by atoms with Gasteiger partial charge in [-0.15, -0.1) is 0 Å². The lowest BCUT2D eigenvalue weighted by Gasteiger charge is -2.38. The molecule has 1 heterocycles. The van der Waals surface area contributed by atoms with Crippen molar-refractivity contribution >= 4 is 39.1 Å². The van der Waals surface area contributed by atoms with E-state index in [9.17, 15) is 9.59 Å². The van der Waals surface area contributed by atoms with Crippen LogP contribution in [-0.4, -0.2) is 24.0 Å². The predicted octanol–water partition coefficient (Wildman–Crippen LogP) is 4.29. The Morgan fingerprint density at radius 2 is 1.96 bits per heavy atom. The van der Waals surface area contributed by atoms with E-state index in [0.29, 0.717) is 18.0 Å². The lowest BCUT2D eigenvalue weighted by Crippen LogP contribution is -2.53. The van der Waals surface area contributed by atoms with Crippen molar-refractivity contribution in [3.05, 3.63) is 52.5 Å². The number of hydrogen-bond donors (Lipinski definition) is 1. The molecule has 0 aliphatic carbocycles. The molecule has 6 heteroatoms. The molecule has 2 aromatic rings. The Morgan fingerprint density at radius 1 is 1.23 bits per heavy atom. The highest BCUT2D eigenvalue weighted by atomic mass is 79.9. The average molecular weight is 417 g/mol. The van der Waals surface area contributed by atoms with Gasteiger partial charge in [0.1, 0.15) is 5.75 Å². The summed E-state index contributed by atoms with van der Waals surface area (Å²) in [5.74, 6) is 0.370. The standard InChI is InChI=1S/C20H21BrN2O3/c1-13-12-14(21)8-9-15(13)22-18(24)10-11-23-16-6-4-5-7-17(16)26-20(2,3)19(23)25/h4-9,12H,10-11H2,1-3H3,(H,22,24). The predicted molar refractivity (Wildman–Crippen MR) is 106 cm³/mol. The van der Waals surface area contributed by atoms with E-state index in [0.717, 1.165) is 15.7 Å². The van der Waals surface area contributed by atoms with Crippen LogP contribution in [0.1, 0.15) is 25.8 Å². The zero-order valence-corrected chi connectivity index (χ0v) is 16.6. The number of hydrogen-bond acceptors (Lipinski definition) is 3. The lowest BCUT2D eigenvalue weighted by atomic mass is 10.0. The van der Waals surface area contributed by atoms with E-state index < -0.39 is 5.60 Å². The zero-order valence-electron chi connectivity index (χ0n) is 15.0. The molecule has 0 atom stereocenters. The maximum atomic E-state index is 12.7. The van der Waals surface area contributed by atoms with Gasteiger partial charge in [0, 0.05) is 23.1 Å². The smallest absolute Gasteiger partial charge is 0.270 e. The monoisotopic (exact) mass is 416 g/mol. The fourth-order valence-electron chi connectivity index (χ4n) is 2.93. The zero-order chi connectivity index (χ0) is 18.9. The summed E-state index contributed by atoms with van der Waals surface area (Å²) in [5.41, 5.74) is 1.49. The molecule has 1 aliphatic heterocycles. The summed E-state index contributed by atoms with van der Waals surface area (Å²) in [6.45, 7) is 5.71. The van der Waals surface area contributed by atoms with Crippen LogP contribution in [0.2, 0.25) is 0 Å². The maximum Gasteiger partial charge on any atom is 0.270 e. The van der Waals surface area contributed by atoms with Crippen LogP contribution >= 0.6 is 15.9 Å². The quantitative estimate of drug-likeness (QED) is 0.808. The van der Waals surface area contributed by atoms with Crippen LogP contribution in [0.5, 0.6) is 5.75 Å². The number of carbonyl (C=O) groups is 2. The number of nitrogens with one attached hydrogen (secondary N) is 1. The first-order chi connectivity index (χ1) is 12.3. The highest BCUT2D eigenvalue weighted by molar-refractivity contribution is 9.10. The van der Waals surface area contributed by atoms with Crippen molar-refractivity contribution in [2.75, 3.05) is 16.8 Å². The molecule has 0 aromatic heterocycles. The SMILES string of the molecule is Cc1cc(Br)ccc1NC(=O)CCN1C(=O)C(C)(C)Oc2ccccc21. The number of carbonyl (C=O) groups excluding carboxylic acids is 2. The number of halogens is 1. The van der Waals surface area contributed by atoms with Gasteiger partial charge in [-0.1, -0.05) is 28.1 Å². The van der Waals surface area contributed by atoms with Gasteiger partial charge in [0.05, 0.1) is 5.69 Å². The molecule has 0 bridgehead atoms. The number of amides is 2. The maximum absolute atomic E-state index is 12.7. The second-order valence-electron chi connectivity index (χ2n) is 6.79. The molecule has 3 rings (SSSR count). The van der Waals surface area contributed by atoms with E-state index in [1.165, 1.54) is 0 Å². The van der Waals surface area contributed by atoms with Crippen LogP contribution in [0, 0.1) is 6.92 Å². The molecule has 0 fully saturated rings. The molecule has 0 radical (unpaired) electrons. The van der Waals surface area contributed by atoms with E-state index in [-0.39, 0.29) is 18.2 Å². The van der Waals surface area contributed by atoms with Gasteiger partial charge >= 0.3 is 0 Å². The van der Waals surface area contributed by atoms with Gasteiger partial charge < -0.3 is 15.0 Å². The molecule has 0 unspecified atom stereocenters. The van der Waals surface area contributed by atoms with Gasteiger partial charge in [0.2, 0.25) is 5.91 Å². The molecule has 0 spiro atoms. The molecular weight excluding hydrogens is 396 g/mol. The number of para-hydroxylation sites is 2. The Bertz CT molecular complexity index is 864. The van der Waals surface area contributed by atoms with Crippen molar-refractivity contribution in [3.63, 3.8) is 0 Å². The summed E-state index contributed by atoms with van der Waals surface area (Å²) in [6, 6.07) is 13.1. The molecule has 5 nitrogen and oxygen atoms in total. The van der Waals surface area contributed by atoms with Crippen LogP contribution in [0.3, 0.4) is 0 Å². The second-order valence-corrected chi connectivity index (χ2v) is 7.71. The second kappa shape index (κ2) is 7.11. The molecular formula is C20H21BrN2O3. The average Bonchev–Trinajstić information content (AvgIpc) is 2.57.